The predicted octanol–water partition coefficient (Wildman–Crippen LogP) is 1.65. The van der Waals surface area contributed by atoms with Gasteiger partial charge in [-0.3, -0.25) is 0 Å². The van der Waals surface area contributed by atoms with E-state index in [0.717, 1.165) is 11.3 Å². The van der Waals surface area contributed by atoms with E-state index in [9.17, 15) is 5.11 Å². The first-order valence-corrected chi connectivity index (χ1v) is 5.71. The molecule has 0 radical (unpaired) electrons. The fraction of sp³-hybridized carbons (Fsp3) is 0.538. The van der Waals surface area contributed by atoms with Crippen LogP contribution in [0.3, 0.4) is 0 Å². The standard InChI is InChI=1S/C13H19NO2/c1-13(9-15,14-10-7-8-10)11-5-3-4-6-12(11)16-2/h3-6,10,14-15H,7-9H2,1-2H3. The Balaban J connectivity index is 2.29. The third kappa shape index (κ3) is 2.20. The van der Waals surface area contributed by atoms with Crippen molar-refractivity contribution in [3.63, 3.8) is 0 Å². The Morgan fingerprint density at radius 3 is 2.69 bits per heavy atom. The molecule has 1 unspecified atom stereocenters. The summed E-state index contributed by atoms with van der Waals surface area (Å²) in [5.74, 6) is 0.826. The summed E-state index contributed by atoms with van der Waals surface area (Å²) in [5, 5.41) is 13.1. The molecule has 2 rings (SSSR count). The Labute approximate surface area is 96.4 Å². The van der Waals surface area contributed by atoms with Crippen molar-refractivity contribution < 1.29 is 9.84 Å². The molecule has 1 atom stereocenters. The summed E-state index contributed by atoms with van der Waals surface area (Å²) < 4.78 is 5.34. The Morgan fingerprint density at radius 2 is 2.12 bits per heavy atom. The highest BCUT2D eigenvalue weighted by Gasteiger charge is 2.35. The monoisotopic (exact) mass is 221 g/mol. The molecule has 0 amide bonds. The van der Waals surface area contributed by atoms with Crippen molar-refractivity contribution in [2.45, 2.75) is 31.3 Å². The highest BCUT2D eigenvalue weighted by Crippen LogP contribution is 2.33. The fourth-order valence-electron chi connectivity index (χ4n) is 1.99. The number of para-hydroxylation sites is 1. The van der Waals surface area contributed by atoms with Crippen molar-refractivity contribution in [1.82, 2.24) is 5.32 Å². The third-order valence-electron chi connectivity index (χ3n) is 3.12. The van der Waals surface area contributed by atoms with E-state index in [1.807, 2.05) is 31.2 Å². The summed E-state index contributed by atoms with van der Waals surface area (Å²) in [6.07, 6.45) is 2.40. The van der Waals surface area contributed by atoms with Crippen molar-refractivity contribution in [2.75, 3.05) is 13.7 Å². The van der Waals surface area contributed by atoms with E-state index in [1.54, 1.807) is 7.11 Å². The minimum Gasteiger partial charge on any atom is -0.496 e. The molecule has 1 saturated carbocycles. The lowest BCUT2D eigenvalue weighted by molar-refractivity contribution is 0.170. The highest BCUT2D eigenvalue weighted by atomic mass is 16.5. The first-order valence-electron chi connectivity index (χ1n) is 5.71. The highest BCUT2D eigenvalue weighted by molar-refractivity contribution is 5.39. The number of nitrogens with one attached hydrogen (secondary N) is 1. The van der Waals surface area contributed by atoms with Crippen LogP contribution in [0.2, 0.25) is 0 Å². The van der Waals surface area contributed by atoms with E-state index in [2.05, 4.69) is 5.32 Å². The maximum atomic E-state index is 9.62. The minimum absolute atomic E-state index is 0.0733. The zero-order valence-corrected chi connectivity index (χ0v) is 9.86. The van der Waals surface area contributed by atoms with Gasteiger partial charge in [0, 0.05) is 11.6 Å². The van der Waals surface area contributed by atoms with Gasteiger partial charge in [-0.05, 0) is 25.8 Å². The first-order chi connectivity index (χ1) is 7.69. The Hall–Kier alpha value is -1.06. The maximum Gasteiger partial charge on any atom is 0.123 e. The van der Waals surface area contributed by atoms with Crippen LogP contribution in [0.1, 0.15) is 25.3 Å². The van der Waals surface area contributed by atoms with E-state index < -0.39 is 5.54 Å². The van der Waals surface area contributed by atoms with Gasteiger partial charge in [-0.1, -0.05) is 18.2 Å². The second-order valence-electron chi connectivity index (χ2n) is 4.61. The second-order valence-corrected chi connectivity index (χ2v) is 4.61. The molecule has 1 fully saturated rings. The molecule has 88 valence electrons. The molecular weight excluding hydrogens is 202 g/mol. The van der Waals surface area contributed by atoms with E-state index in [4.69, 9.17) is 4.74 Å². The van der Waals surface area contributed by atoms with Crippen molar-refractivity contribution in [3.8, 4) is 5.75 Å². The predicted molar refractivity (Wildman–Crippen MR) is 63.6 cm³/mol. The topological polar surface area (TPSA) is 41.5 Å². The van der Waals surface area contributed by atoms with Gasteiger partial charge in [-0.15, -0.1) is 0 Å². The Bertz CT molecular complexity index is 363. The number of hydrogen-bond donors (Lipinski definition) is 2. The van der Waals surface area contributed by atoms with E-state index in [-0.39, 0.29) is 6.61 Å². The van der Waals surface area contributed by atoms with Crippen LogP contribution in [0.15, 0.2) is 24.3 Å². The zero-order chi connectivity index (χ0) is 11.6. The van der Waals surface area contributed by atoms with Gasteiger partial charge in [-0.2, -0.15) is 0 Å². The van der Waals surface area contributed by atoms with Gasteiger partial charge in [-0.25, -0.2) is 0 Å². The lowest BCUT2D eigenvalue weighted by atomic mass is 9.92. The molecule has 3 nitrogen and oxygen atoms in total. The molecule has 1 aromatic carbocycles. The average Bonchev–Trinajstić information content (AvgIpc) is 3.12. The molecule has 0 bridgehead atoms. The molecule has 0 saturated heterocycles. The van der Waals surface area contributed by atoms with Crippen LogP contribution in [0.4, 0.5) is 0 Å². The van der Waals surface area contributed by atoms with Crippen LogP contribution in [-0.4, -0.2) is 24.9 Å². The summed E-state index contributed by atoms with van der Waals surface area (Å²) >= 11 is 0. The molecule has 3 heteroatoms. The first kappa shape index (κ1) is 11.4. The van der Waals surface area contributed by atoms with Crippen LogP contribution in [0.25, 0.3) is 0 Å². The van der Waals surface area contributed by atoms with Crippen LogP contribution < -0.4 is 10.1 Å². The van der Waals surface area contributed by atoms with Crippen molar-refractivity contribution in [2.24, 2.45) is 0 Å². The summed E-state index contributed by atoms with van der Waals surface area (Å²) in [6.45, 7) is 2.09. The van der Waals surface area contributed by atoms with E-state index in [0.29, 0.717) is 6.04 Å². The summed E-state index contributed by atoms with van der Waals surface area (Å²) in [7, 11) is 1.66. The summed E-state index contributed by atoms with van der Waals surface area (Å²) in [5.41, 5.74) is 0.611. The fourth-order valence-corrected chi connectivity index (χ4v) is 1.99. The Kier molecular flexibility index (Phi) is 3.17. The molecule has 16 heavy (non-hydrogen) atoms. The largest absolute Gasteiger partial charge is 0.496 e. The van der Waals surface area contributed by atoms with Gasteiger partial charge < -0.3 is 15.2 Å². The van der Waals surface area contributed by atoms with E-state index in [1.165, 1.54) is 12.8 Å². The number of hydrogen-bond acceptors (Lipinski definition) is 3. The van der Waals surface area contributed by atoms with Crippen LogP contribution in [-0.2, 0) is 5.54 Å². The number of aliphatic hydroxyl groups is 1. The smallest absolute Gasteiger partial charge is 0.123 e. The Morgan fingerprint density at radius 1 is 1.44 bits per heavy atom. The third-order valence-corrected chi connectivity index (χ3v) is 3.12. The minimum atomic E-state index is -0.409. The lowest BCUT2D eigenvalue weighted by Crippen LogP contribution is -2.44. The van der Waals surface area contributed by atoms with Gasteiger partial charge in [0.25, 0.3) is 0 Å². The van der Waals surface area contributed by atoms with Crippen LogP contribution in [0.5, 0.6) is 5.75 Å². The molecular formula is C13H19NO2. The average molecular weight is 221 g/mol. The molecule has 1 aliphatic rings. The number of rotatable bonds is 5. The molecule has 0 aromatic heterocycles. The maximum absolute atomic E-state index is 9.62. The SMILES string of the molecule is COc1ccccc1C(C)(CO)NC1CC1. The van der Waals surface area contributed by atoms with Gasteiger partial charge in [0.05, 0.1) is 19.3 Å². The van der Waals surface area contributed by atoms with E-state index >= 15 is 0 Å². The molecule has 1 aromatic rings. The summed E-state index contributed by atoms with van der Waals surface area (Å²) in [4.78, 5) is 0. The number of methoxy groups -OCH3 is 1. The zero-order valence-electron chi connectivity index (χ0n) is 9.86. The van der Waals surface area contributed by atoms with Gasteiger partial charge >= 0.3 is 0 Å². The molecule has 2 N–H and O–H groups in total. The molecule has 0 spiro atoms. The summed E-state index contributed by atoms with van der Waals surface area (Å²) in [6, 6.07) is 8.39. The number of aliphatic hydroxyl groups excluding tert-OH is 1. The van der Waals surface area contributed by atoms with Crippen LogP contribution in [0, 0.1) is 0 Å². The quantitative estimate of drug-likeness (QED) is 0.794. The molecule has 1 aliphatic carbocycles. The lowest BCUT2D eigenvalue weighted by Gasteiger charge is -2.30. The molecule has 0 heterocycles. The normalized spacial score (nSPS) is 19.2. The van der Waals surface area contributed by atoms with Gasteiger partial charge in [0.1, 0.15) is 5.75 Å². The second kappa shape index (κ2) is 4.44. The van der Waals surface area contributed by atoms with Gasteiger partial charge in [0.15, 0.2) is 0 Å². The van der Waals surface area contributed by atoms with Gasteiger partial charge in [0.2, 0.25) is 0 Å². The molecule has 0 aliphatic heterocycles. The number of ether oxygens (including phenoxy) is 1. The number of benzene rings is 1. The van der Waals surface area contributed by atoms with Crippen molar-refractivity contribution >= 4 is 0 Å². The van der Waals surface area contributed by atoms with Crippen LogP contribution >= 0.6 is 0 Å². The van der Waals surface area contributed by atoms with Crippen molar-refractivity contribution in [1.29, 1.82) is 0 Å². The van der Waals surface area contributed by atoms with Crippen molar-refractivity contribution in [3.05, 3.63) is 29.8 Å².